The van der Waals surface area contributed by atoms with Gasteiger partial charge in [-0.15, -0.1) is 0 Å². The molecule has 4 rings (SSSR count). The molecule has 1 aliphatic rings. The van der Waals surface area contributed by atoms with Crippen molar-refractivity contribution >= 4 is 28.8 Å². The fourth-order valence-electron chi connectivity index (χ4n) is 4.29. The number of Topliss-reactive ketones (excluding diaryl/α,β-unsaturated/α-hetero) is 1. The van der Waals surface area contributed by atoms with Gasteiger partial charge in [0.2, 0.25) is 5.78 Å². The Hall–Kier alpha value is -4.05. The Kier molecular flexibility index (Phi) is 5.92. The van der Waals surface area contributed by atoms with Crippen LogP contribution in [0.4, 0.5) is 5.69 Å². The number of aromatic nitrogens is 2. The number of pyridine rings is 1. The molecule has 0 radical (unpaired) electrons. The summed E-state index contributed by atoms with van der Waals surface area (Å²) in [7, 11) is 3.84. The number of quaternary nitrogens is 1. The van der Waals surface area contributed by atoms with Gasteiger partial charge < -0.3 is 19.3 Å². The van der Waals surface area contributed by atoms with Crippen LogP contribution in [0.5, 0.6) is 0 Å². The fourth-order valence-corrected chi connectivity index (χ4v) is 4.29. The number of likely N-dealkylation sites (N-methyl/N-ethyl adjacent to an activating group) is 1. The van der Waals surface area contributed by atoms with Crippen LogP contribution in [0, 0.1) is 24.0 Å². The highest BCUT2D eigenvalue weighted by atomic mass is 16.6. The minimum Gasteiger partial charge on any atom is -0.871 e. The van der Waals surface area contributed by atoms with Crippen molar-refractivity contribution in [3.63, 3.8) is 0 Å². The van der Waals surface area contributed by atoms with Crippen LogP contribution in [0.25, 0.3) is 11.4 Å². The molecule has 1 amide bonds. The first kappa shape index (κ1) is 23.1. The zero-order valence-corrected chi connectivity index (χ0v) is 19.4. The van der Waals surface area contributed by atoms with Gasteiger partial charge in [-0.2, -0.15) is 0 Å². The molecule has 1 fully saturated rings. The normalized spacial score (nSPS) is 17.8. The number of nitrogens with one attached hydrogen (secondary N) is 1. The summed E-state index contributed by atoms with van der Waals surface area (Å²) in [4.78, 5) is 43.7. The van der Waals surface area contributed by atoms with E-state index >= 15 is 0 Å². The summed E-state index contributed by atoms with van der Waals surface area (Å²) < 4.78 is 1.64. The van der Waals surface area contributed by atoms with Gasteiger partial charge in [0.1, 0.15) is 5.65 Å². The van der Waals surface area contributed by atoms with E-state index in [4.69, 9.17) is 0 Å². The lowest BCUT2D eigenvalue weighted by Crippen LogP contribution is -3.06. The number of nitro benzene ring substituents is 1. The molecule has 2 aromatic heterocycles. The molecule has 0 bridgehead atoms. The summed E-state index contributed by atoms with van der Waals surface area (Å²) in [6, 6.07) is 8.31. The SMILES string of the molecule is Cc1nc2c(C)cccn2c1C([O-])=C1C(=O)C(=O)N(CC[NH+](C)C)C1c1ccc([N+](=O)[O-])cc1. The first-order chi connectivity index (χ1) is 16.1. The molecule has 0 saturated carbocycles. The second kappa shape index (κ2) is 8.71. The smallest absolute Gasteiger partial charge is 0.295 e. The number of hydrogen-bond acceptors (Lipinski definition) is 6. The van der Waals surface area contributed by atoms with E-state index in [1.54, 1.807) is 23.6 Å². The average Bonchev–Trinajstić information content (AvgIpc) is 3.26. The van der Waals surface area contributed by atoms with Crippen LogP contribution in [0.1, 0.15) is 28.6 Å². The number of likely N-dealkylation sites (tertiary alicyclic amines) is 1. The minimum absolute atomic E-state index is 0.121. The Labute approximate surface area is 195 Å². The summed E-state index contributed by atoms with van der Waals surface area (Å²) in [6.07, 6.45) is 1.70. The highest BCUT2D eigenvalue weighted by Gasteiger charge is 2.44. The maximum absolute atomic E-state index is 13.8. The van der Waals surface area contributed by atoms with Gasteiger partial charge in [-0.3, -0.25) is 19.7 Å². The molecule has 0 spiro atoms. The van der Waals surface area contributed by atoms with Crippen LogP contribution < -0.4 is 10.0 Å². The van der Waals surface area contributed by atoms with Gasteiger partial charge in [0.25, 0.3) is 11.6 Å². The number of imidazole rings is 1. The molecule has 1 N–H and O–H groups in total. The number of benzene rings is 1. The van der Waals surface area contributed by atoms with E-state index in [1.165, 1.54) is 29.2 Å². The molecular weight excluding hydrogens is 438 g/mol. The van der Waals surface area contributed by atoms with Crippen molar-refractivity contribution < 1.29 is 24.5 Å². The van der Waals surface area contributed by atoms with Crippen LogP contribution in [0.3, 0.4) is 0 Å². The second-order valence-corrected chi connectivity index (χ2v) is 8.71. The van der Waals surface area contributed by atoms with Gasteiger partial charge in [0.05, 0.1) is 49.5 Å². The van der Waals surface area contributed by atoms with Gasteiger partial charge in [-0.1, -0.05) is 11.8 Å². The lowest BCUT2D eigenvalue weighted by molar-refractivity contribution is -0.857. The molecule has 1 aromatic carbocycles. The molecule has 10 nitrogen and oxygen atoms in total. The number of carbonyl (C=O) groups is 2. The number of nitrogens with zero attached hydrogens (tertiary/aromatic N) is 4. The second-order valence-electron chi connectivity index (χ2n) is 8.71. The van der Waals surface area contributed by atoms with Crippen molar-refractivity contribution in [1.29, 1.82) is 0 Å². The van der Waals surface area contributed by atoms with Crippen LogP contribution in [0.15, 0.2) is 48.2 Å². The monoisotopic (exact) mass is 463 g/mol. The van der Waals surface area contributed by atoms with Gasteiger partial charge in [0.15, 0.2) is 0 Å². The van der Waals surface area contributed by atoms with Crippen molar-refractivity contribution in [3.05, 3.63) is 80.8 Å². The number of nitro groups is 1. The van der Waals surface area contributed by atoms with E-state index in [2.05, 4.69) is 4.98 Å². The number of rotatable bonds is 6. The van der Waals surface area contributed by atoms with Gasteiger partial charge >= 0.3 is 0 Å². The molecule has 10 heteroatoms. The molecule has 1 atom stereocenters. The van der Waals surface area contributed by atoms with E-state index in [0.717, 1.165) is 10.5 Å². The van der Waals surface area contributed by atoms with E-state index in [9.17, 15) is 24.8 Å². The quantitative estimate of drug-likeness (QED) is 0.183. The summed E-state index contributed by atoms with van der Waals surface area (Å²) >= 11 is 0. The number of non-ortho nitro benzene ring substituents is 1. The molecule has 176 valence electrons. The minimum atomic E-state index is -0.942. The standard InChI is InChI=1S/C24H25N5O5/c1-14-6-5-11-27-19(15(2)25-23(14)27)21(30)18-20(16-7-9-17(10-8-16)29(33)34)28(13-12-26(3)4)24(32)22(18)31/h5-11,20,30H,12-13H2,1-4H3. The van der Waals surface area contributed by atoms with E-state index < -0.39 is 28.4 Å². The number of carbonyl (C=O) groups excluding carboxylic acids is 2. The van der Waals surface area contributed by atoms with Crippen molar-refractivity contribution in [3.8, 4) is 0 Å². The first-order valence-corrected chi connectivity index (χ1v) is 10.9. The van der Waals surface area contributed by atoms with Crippen LogP contribution in [-0.4, -0.2) is 58.1 Å². The average molecular weight is 463 g/mol. The fraction of sp³-hybridized carbons (Fsp3) is 0.292. The molecule has 1 saturated heterocycles. The number of amides is 1. The predicted molar refractivity (Wildman–Crippen MR) is 122 cm³/mol. The summed E-state index contributed by atoms with van der Waals surface area (Å²) in [5.74, 6) is -2.18. The highest BCUT2D eigenvalue weighted by molar-refractivity contribution is 6.46. The van der Waals surface area contributed by atoms with E-state index in [0.29, 0.717) is 23.4 Å². The van der Waals surface area contributed by atoms with Crippen LogP contribution in [0.2, 0.25) is 0 Å². The zero-order chi connectivity index (χ0) is 24.7. The molecule has 0 aliphatic carbocycles. The predicted octanol–water partition coefficient (Wildman–Crippen LogP) is 0.228. The highest BCUT2D eigenvalue weighted by Crippen LogP contribution is 2.39. The third kappa shape index (κ3) is 3.81. The van der Waals surface area contributed by atoms with Crippen molar-refractivity contribution in [2.24, 2.45) is 0 Å². The molecule has 1 unspecified atom stereocenters. The largest absolute Gasteiger partial charge is 0.871 e. The Bertz CT molecular complexity index is 1340. The first-order valence-electron chi connectivity index (χ1n) is 10.9. The molecule has 1 aliphatic heterocycles. The van der Waals surface area contributed by atoms with Crippen molar-refractivity contribution in [2.75, 3.05) is 27.2 Å². The van der Waals surface area contributed by atoms with Crippen LogP contribution >= 0.6 is 0 Å². The number of ketones is 1. The Morgan fingerprint density at radius 3 is 2.44 bits per heavy atom. The molecular formula is C24H25N5O5. The third-order valence-corrected chi connectivity index (χ3v) is 6.04. The van der Waals surface area contributed by atoms with E-state index in [-0.39, 0.29) is 23.5 Å². The number of hydrogen-bond donors (Lipinski definition) is 1. The Balaban J connectivity index is 1.93. The number of fused-ring (bicyclic) bond motifs is 1. The summed E-state index contributed by atoms with van der Waals surface area (Å²) in [5.41, 5.74) is 2.31. The van der Waals surface area contributed by atoms with E-state index in [1.807, 2.05) is 27.1 Å². The number of aryl methyl sites for hydroxylation is 2. The van der Waals surface area contributed by atoms with Gasteiger partial charge in [-0.25, -0.2) is 4.98 Å². The molecule has 34 heavy (non-hydrogen) atoms. The lowest BCUT2D eigenvalue weighted by Gasteiger charge is -2.27. The van der Waals surface area contributed by atoms with Gasteiger partial charge in [-0.05, 0) is 43.2 Å². The molecule has 3 heterocycles. The maximum Gasteiger partial charge on any atom is 0.295 e. The van der Waals surface area contributed by atoms with Gasteiger partial charge in [0, 0.05) is 23.9 Å². The van der Waals surface area contributed by atoms with Crippen LogP contribution in [-0.2, 0) is 9.59 Å². The molecule has 3 aromatic rings. The Morgan fingerprint density at radius 1 is 1.15 bits per heavy atom. The summed E-state index contributed by atoms with van der Waals surface area (Å²) in [6.45, 7) is 4.36. The van der Waals surface area contributed by atoms with Crippen molar-refractivity contribution in [2.45, 2.75) is 19.9 Å². The Morgan fingerprint density at radius 2 is 1.82 bits per heavy atom. The third-order valence-electron chi connectivity index (χ3n) is 6.04. The summed E-state index contributed by atoms with van der Waals surface area (Å²) in [5, 5.41) is 25.0. The zero-order valence-electron chi connectivity index (χ0n) is 19.4. The van der Waals surface area contributed by atoms with Crippen molar-refractivity contribution in [1.82, 2.24) is 14.3 Å². The maximum atomic E-state index is 13.8. The topological polar surface area (TPSA) is 125 Å². The lowest BCUT2D eigenvalue weighted by atomic mass is 9.96.